The summed E-state index contributed by atoms with van der Waals surface area (Å²) in [7, 11) is 0. The average Bonchev–Trinajstić information content (AvgIpc) is 2.69. The summed E-state index contributed by atoms with van der Waals surface area (Å²) in [6.45, 7) is 6.51. The number of nitrogens with one attached hydrogen (secondary N) is 2. The number of nitrogens with zero attached hydrogens (tertiary/aromatic N) is 3. The molecule has 2 aromatic rings. The standard InChI is InChI=1S/C20H25N5O2/c1-4-15-8-9-17(18(11-15)27-13-26-5-2)19-14(3)22-20(25-24-19)23-16-7-6-10-21-12-16/h1,8-9,11,16,21H,5-7,10,12-13H2,2-3H3,(H,22,23,25)/t16-/m1/s1. The summed E-state index contributed by atoms with van der Waals surface area (Å²) in [6, 6.07) is 5.86. The summed E-state index contributed by atoms with van der Waals surface area (Å²) in [5, 5.41) is 15.4. The van der Waals surface area contributed by atoms with E-state index in [0.717, 1.165) is 42.8 Å². The quantitative estimate of drug-likeness (QED) is 0.442. The van der Waals surface area contributed by atoms with Gasteiger partial charge in [-0.15, -0.1) is 16.6 Å². The Morgan fingerprint density at radius 3 is 2.96 bits per heavy atom. The molecule has 1 saturated heterocycles. The minimum atomic E-state index is 0.145. The topological polar surface area (TPSA) is 81.2 Å². The first-order valence-corrected chi connectivity index (χ1v) is 9.21. The van der Waals surface area contributed by atoms with Crippen molar-refractivity contribution in [1.29, 1.82) is 0 Å². The van der Waals surface area contributed by atoms with Gasteiger partial charge in [-0.3, -0.25) is 0 Å². The van der Waals surface area contributed by atoms with Crippen LogP contribution in [0.25, 0.3) is 11.3 Å². The molecule has 1 aliphatic heterocycles. The molecule has 1 aromatic heterocycles. The van der Waals surface area contributed by atoms with E-state index in [1.54, 1.807) is 6.07 Å². The van der Waals surface area contributed by atoms with Crippen LogP contribution in [0.2, 0.25) is 0 Å². The van der Waals surface area contributed by atoms with Gasteiger partial charge >= 0.3 is 0 Å². The smallest absolute Gasteiger partial charge is 0.243 e. The Balaban J connectivity index is 1.83. The first-order valence-electron chi connectivity index (χ1n) is 9.21. The Kier molecular flexibility index (Phi) is 6.58. The SMILES string of the molecule is C#Cc1ccc(-c2nnc(N[C@@H]3CCCNC3)nc2C)c(OCOCC)c1. The molecule has 0 radical (unpaired) electrons. The van der Waals surface area contributed by atoms with E-state index in [-0.39, 0.29) is 6.79 Å². The van der Waals surface area contributed by atoms with E-state index in [0.29, 0.717) is 30.0 Å². The highest BCUT2D eigenvalue weighted by atomic mass is 16.7. The third kappa shape index (κ3) is 4.94. The maximum atomic E-state index is 5.74. The fourth-order valence-electron chi connectivity index (χ4n) is 2.99. The summed E-state index contributed by atoms with van der Waals surface area (Å²) < 4.78 is 11.0. The third-order valence-electron chi connectivity index (χ3n) is 4.40. The molecule has 0 spiro atoms. The predicted octanol–water partition coefficient (Wildman–Crippen LogP) is 2.37. The molecule has 2 N–H and O–H groups in total. The first kappa shape index (κ1) is 19.1. The number of benzene rings is 1. The number of terminal acetylenes is 1. The second kappa shape index (κ2) is 9.31. The summed E-state index contributed by atoms with van der Waals surface area (Å²) in [4.78, 5) is 4.58. The minimum absolute atomic E-state index is 0.145. The molecule has 2 heterocycles. The molecule has 142 valence electrons. The van der Waals surface area contributed by atoms with Gasteiger partial charge in [0.15, 0.2) is 6.79 Å². The molecule has 0 bridgehead atoms. The number of aryl methyl sites for hydroxylation is 1. The Morgan fingerprint density at radius 2 is 2.26 bits per heavy atom. The fraction of sp³-hybridized carbons (Fsp3) is 0.450. The van der Waals surface area contributed by atoms with E-state index in [9.17, 15) is 0 Å². The molecule has 3 rings (SSSR count). The van der Waals surface area contributed by atoms with Crippen LogP contribution < -0.4 is 15.4 Å². The average molecular weight is 367 g/mol. The van der Waals surface area contributed by atoms with Gasteiger partial charge < -0.3 is 20.1 Å². The molecule has 1 atom stereocenters. The molecule has 1 aromatic carbocycles. The van der Waals surface area contributed by atoms with Gasteiger partial charge in [-0.05, 0) is 51.4 Å². The van der Waals surface area contributed by atoms with Gasteiger partial charge in [-0.25, -0.2) is 4.98 Å². The van der Waals surface area contributed by atoms with Gasteiger partial charge in [-0.2, -0.15) is 0 Å². The second-order valence-corrected chi connectivity index (χ2v) is 6.37. The number of aromatic nitrogens is 3. The van der Waals surface area contributed by atoms with E-state index in [1.165, 1.54) is 0 Å². The lowest BCUT2D eigenvalue weighted by Crippen LogP contribution is -2.38. The molecule has 1 aliphatic rings. The highest BCUT2D eigenvalue weighted by Gasteiger charge is 2.17. The molecule has 0 amide bonds. The molecule has 7 nitrogen and oxygen atoms in total. The first-order chi connectivity index (χ1) is 13.2. The van der Waals surface area contributed by atoms with E-state index >= 15 is 0 Å². The summed E-state index contributed by atoms with van der Waals surface area (Å²) in [5.74, 6) is 3.77. The fourth-order valence-corrected chi connectivity index (χ4v) is 2.99. The van der Waals surface area contributed by atoms with Crippen LogP contribution in [0.5, 0.6) is 5.75 Å². The molecule has 7 heteroatoms. The molecular formula is C20H25N5O2. The molecule has 27 heavy (non-hydrogen) atoms. The van der Waals surface area contributed by atoms with Crippen LogP contribution in [-0.4, -0.2) is 47.7 Å². The largest absolute Gasteiger partial charge is 0.467 e. The normalized spacial score (nSPS) is 16.6. The van der Waals surface area contributed by atoms with Crippen molar-refractivity contribution in [1.82, 2.24) is 20.5 Å². The maximum absolute atomic E-state index is 5.74. The van der Waals surface area contributed by atoms with Crippen LogP contribution >= 0.6 is 0 Å². The van der Waals surface area contributed by atoms with Crippen molar-refractivity contribution in [2.75, 3.05) is 31.8 Å². The highest BCUT2D eigenvalue weighted by molar-refractivity contribution is 5.70. The van der Waals surface area contributed by atoms with Crippen molar-refractivity contribution in [2.24, 2.45) is 0 Å². The van der Waals surface area contributed by atoms with Crippen LogP contribution in [0.15, 0.2) is 18.2 Å². The predicted molar refractivity (Wildman–Crippen MR) is 105 cm³/mol. The summed E-state index contributed by atoms with van der Waals surface area (Å²) >= 11 is 0. The maximum Gasteiger partial charge on any atom is 0.243 e. The lowest BCUT2D eigenvalue weighted by atomic mass is 10.1. The van der Waals surface area contributed by atoms with Crippen LogP contribution in [0, 0.1) is 19.3 Å². The van der Waals surface area contributed by atoms with Gasteiger partial charge in [0, 0.05) is 30.3 Å². The van der Waals surface area contributed by atoms with Gasteiger partial charge in [-0.1, -0.05) is 5.92 Å². The monoisotopic (exact) mass is 367 g/mol. The lowest BCUT2D eigenvalue weighted by Gasteiger charge is -2.23. The summed E-state index contributed by atoms with van der Waals surface area (Å²) in [6.07, 6.45) is 7.75. The van der Waals surface area contributed by atoms with E-state index in [2.05, 4.69) is 31.7 Å². The van der Waals surface area contributed by atoms with Gasteiger partial charge in [0.2, 0.25) is 5.95 Å². The molecule has 0 aliphatic carbocycles. The van der Waals surface area contributed by atoms with Crippen molar-refractivity contribution >= 4 is 5.95 Å². The van der Waals surface area contributed by atoms with Gasteiger partial charge in [0.1, 0.15) is 11.4 Å². The van der Waals surface area contributed by atoms with Crippen molar-refractivity contribution in [3.8, 4) is 29.4 Å². The minimum Gasteiger partial charge on any atom is -0.467 e. The zero-order chi connectivity index (χ0) is 19.1. The van der Waals surface area contributed by atoms with Crippen LogP contribution in [0.4, 0.5) is 5.95 Å². The Bertz CT molecular complexity index is 813. The lowest BCUT2D eigenvalue weighted by molar-refractivity contribution is 0.0227. The van der Waals surface area contributed by atoms with E-state index in [1.807, 2.05) is 26.0 Å². The van der Waals surface area contributed by atoms with Crippen LogP contribution in [0.1, 0.15) is 31.0 Å². The van der Waals surface area contributed by atoms with Crippen LogP contribution in [-0.2, 0) is 4.74 Å². The Morgan fingerprint density at radius 1 is 1.37 bits per heavy atom. The number of rotatable bonds is 7. The molecular weight excluding hydrogens is 342 g/mol. The third-order valence-corrected chi connectivity index (χ3v) is 4.40. The summed E-state index contributed by atoms with van der Waals surface area (Å²) in [5.41, 5.74) is 2.95. The van der Waals surface area contributed by atoms with Gasteiger partial charge in [0.05, 0.1) is 5.69 Å². The second-order valence-electron chi connectivity index (χ2n) is 6.37. The zero-order valence-corrected chi connectivity index (χ0v) is 15.8. The number of ether oxygens (including phenoxy) is 2. The Labute approximate surface area is 159 Å². The number of piperidine rings is 1. The van der Waals surface area contributed by atoms with Gasteiger partial charge in [0.25, 0.3) is 0 Å². The molecule has 0 saturated carbocycles. The molecule has 1 fully saturated rings. The Hall–Kier alpha value is -2.69. The van der Waals surface area contributed by atoms with Crippen molar-refractivity contribution in [2.45, 2.75) is 32.7 Å². The molecule has 0 unspecified atom stereocenters. The van der Waals surface area contributed by atoms with E-state index < -0.39 is 0 Å². The van der Waals surface area contributed by atoms with Crippen molar-refractivity contribution < 1.29 is 9.47 Å². The number of anilines is 1. The van der Waals surface area contributed by atoms with Crippen molar-refractivity contribution in [3.05, 3.63) is 29.5 Å². The van der Waals surface area contributed by atoms with Crippen molar-refractivity contribution in [3.63, 3.8) is 0 Å². The van der Waals surface area contributed by atoms with E-state index in [4.69, 9.17) is 15.9 Å². The van der Waals surface area contributed by atoms with Crippen LogP contribution in [0.3, 0.4) is 0 Å². The number of hydrogen-bond acceptors (Lipinski definition) is 7. The number of hydrogen-bond donors (Lipinski definition) is 2. The zero-order valence-electron chi connectivity index (χ0n) is 15.8. The highest BCUT2D eigenvalue weighted by Crippen LogP contribution is 2.31.